The standard InChI is InChI=1S/C23H26N2O3/c1-2-28-21-10-6-5-9-19(21)22(26)24-18-11-12-20-17(15-18)13-14-25(20)23(27)16-7-3-4-8-16/h5-6,9-12,15-16H,2-4,7-8,13-14H2,1H3,(H,24,26). The number of anilines is 2. The Hall–Kier alpha value is -2.82. The van der Waals surface area contributed by atoms with Crippen molar-refractivity contribution in [3.63, 3.8) is 0 Å². The van der Waals surface area contributed by atoms with Crippen LogP contribution in [-0.4, -0.2) is 25.0 Å². The molecular weight excluding hydrogens is 352 g/mol. The van der Waals surface area contributed by atoms with Crippen molar-refractivity contribution < 1.29 is 14.3 Å². The molecule has 1 aliphatic carbocycles. The maximum Gasteiger partial charge on any atom is 0.259 e. The molecule has 0 bridgehead atoms. The summed E-state index contributed by atoms with van der Waals surface area (Å²) in [6.45, 7) is 3.14. The molecule has 146 valence electrons. The van der Waals surface area contributed by atoms with Gasteiger partial charge in [0.25, 0.3) is 5.91 Å². The molecule has 28 heavy (non-hydrogen) atoms. The number of fused-ring (bicyclic) bond motifs is 1. The van der Waals surface area contributed by atoms with E-state index in [4.69, 9.17) is 4.74 Å². The zero-order valence-corrected chi connectivity index (χ0v) is 16.2. The van der Waals surface area contributed by atoms with Crippen LogP contribution in [0.2, 0.25) is 0 Å². The number of benzene rings is 2. The van der Waals surface area contributed by atoms with Gasteiger partial charge in [0, 0.05) is 23.8 Å². The molecule has 0 atom stereocenters. The fourth-order valence-corrected chi connectivity index (χ4v) is 4.24. The minimum atomic E-state index is -0.194. The molecule has 5 nitrogen and oxygen atoms in total. The Morgan fingerprint density at radius 2 is 1.93 bits per heavy atom. The van der Waals surface area contributed by atoms with Crippen molar-refractivity contribution in [3.8, 4) is 5.75 Å². The topological polar surface area (TPSA) is 58.6 Å². The lowest BCUT2D eigenvalue weighted by molar-refractivity contribution is -0.122. The number of nitrogens with one attached hydrogen (secondary N) is 1. The molecule has 2 aromatic rings. The van der Waals surface area contributed by atoms with Crippen LogP contribution in [0.4, 0.5) is 11.4 Å². The first-order valence-corrected chi connectivity index (χ1v) is 10.1. The predicted molar refractivity (Wildman–Crippen MR) is 110 cm³/mol. The highest BCUT2D eigenvalue weighted by molar-refractivity contribution is 6.06. The summed E-state index contributed by atoms with van der Waals surface area (Å²) in [4.78, 5) is 27.4. The number of ether oxygens (including phenoxy) is 1. The van der Waals surface area contributed by atoms with Crippen LogP contribution in [0.5, 0.6) is 5.75 Å². The number of nitrogens with zero attached hydrogens (tertiary/aromatic N) is 1. The van der Waals surface area contributed by atoms with E-state index in [0.717, 1.165) is 55.6 Å². The zero-order valence-electron chi connectivity index (χ0n) is 16.2. The van der Waals surface area contributed by atoms with E-state index in [2.05, 4.69) is 5.32 Å². The van der Waals surface area contributed by atoms with Crippen LogP contribution in [0, 0.1) is 5.92 Å². The average Bonchev–Trinajstić information content (AvgIpc) is 3.38. The van der Waals surface area contributed by atoms with E-state index in [1.54, 1.807) is 12.1 Å². The minimum Gasteiger partial charge on any atom is -0.493 e. The first kappa shape index (κ1) is 18.5. The summed E-state index contributed by atoms with van der Waals surface area (Å²) in [5, 5.41) is 2.96. The molecule has 2 aliphatic rings. The van der Waals surface area contributed by atoms with Crippen LogP contribution in [0.1, 0.15) is 48.5 Å². The van der Waals surface area contributed by atoms with Crippen molar-refractivity contribution in [2.24, 2.45) is 5.92 Å². The number of hydrogen-bond donors (Lipinski definition) is 1. The van der Waals surface area contributed by atoms with Crippen LogP contribution >= 0.6 is 0 Å². The van der Waals surface area contributed by atoms with Crippen molar-refractivity contribution in [2.75, 3.05) is 23.4 Å². The van der Waals surface area contributed by atoms with E-state index in [9.17, 15) is 9.59 Å². The Balaban J connectivity index is 1.49. The van der Waals surface area contributed by atoms with Gasteiger partial charge in [0.15, 0.2) is 0 Å². The normalized spacial score (nSPS) is 16.1. The van der Waals surface area contributed by atoms with Crippen molar-refractivity contribution >= 4 is 23.2 Å². The smallest absolute Gasteiger partial charge is 0.259 e. The van der Waals surface area contributed by atoms with Crippen LogP contribution in [-0.2, 0) is 11.2 Å². The molecule has 1 N–H and O–H groups in total. The molecule has 0 unspecified atom stereocenters. The largest absolute Gasteiger partial charge is 0.493 e. The second-order valence-electron chi connectivity index (χ2n) is 7.45. The highest BCUT2D eigenvalue weighted by Crippen LogP contribution is 2.35. The van der Waals surface area contributed by atoms with Crippen LogP contribution in [0.15, 0.2) is 42.5 Å². The van der Waals surface area contributed by atoms with Crippen LogP contribution < -0.4 is 15.0 Å². The van der Waals surface area contributed by atoms with Gasteiger partial charge < -0.3 is 15.0 Å². The van der Waals surface area contributed by atoms with Crippen LogP contribution in [0.25, 0.3) is 0 Å². The number of amides is 2. The molecule has 2 aromatic carbocycles. The summed E-state index contributed by atoms with van der Waals surface area (Å²) < 4.78 is 5.55. The molecule has 5 heteroatoms. The molecule has 1 fully saturated rings. The Morgan fingerprint density at radius 1 is 1.14 bits per heavy atom. The molecule has 4 rings (SSSR count). The Bertz CT molecular complexity index is 887. The highest BCUT2D eigenvalue weighted by Gasteiger charge is 2.31. The molecule has 0 radical (unpaired) electrons. The fourth-order valence-electron chi connectivity index (χ4n) is 4.24. The quantitative estimate of drug-likeness (QED) is 0.838. The first-order valence-electron chi connectivity index (χ1n) is 10.1. The third-order valence-electron chi connectivity index (χ3n) is 5.63. The average molecular weight is 378 g/mol. The number of hydrogen-bond acceptors (Lipinski definition) is 3. The molecule has 1 aliphatic heterocycles. The van der Waals surface area contributed by atoms with E-state index in [-0.39, 0.29) is 17.7 Å². The van der Waals surface area contributed by atoms with E-state index < -0.39 is 0 Å². The lowest BCUT2D eigenvalue weighted by atomic mass is 10.1. The van der Waals surface area contributed by atoms with E-state index in [1.807, 2.05) is 42.2 Å². The maximum absolute atomic E-state index is 12.8. The maximum atomic E-state index is 12.8. The molecule has 2 amide bonds. The Morgan fingerprint density at radius 3 is 2.71 bits per heavy atom. The lowest BCUT2D eigenvalue weighted by Crippen LogP contribution is -2.33. The SMILES string of the molecule is CCOc1ccccc1C(=O)Nc1ccc2c(c1)CCN2C(=O)C1CCCC1. The van der Waals surface area contributed by atoms with Gasteiger partial charge in [-0.05, 0) is 62.1 Å². The molecule has 1 heterocycles. The van der Waals surface area contributed by atoms with Gasteiger partial charge in [0.1, 0.15) is 5.75 Å². The molecule has 0 aromatic heterocycles. The first-order chi connectivity index (χ1) is 13.7. The van der Waals surface area contributed by atoms with E-state index in [0.29, 0.717) is 17.9 Å². The zero-order chi connectivity index (χ0) is 19.5. The Labute approximate surface area is 165 Å². The van der Waals surface area contributed by atoms with Gasteiger partial charge in [-0.1, -0.05) is 25.0 Å². The van der Waals surface area contributed by atoms with Gasteiger partial charge in [-0.15, -0.1) is 0 Å². The van der Waals surface area contributed by atoms with Crippen molar-refractivity contribution in [3.05, 3.63) is 53.6 Å². The Kier molecular flexibility index (Phi) is 5.33. The summed E-state index contributed by atoms with van der Waals surface area (Å²) in [6, 6.07) is 13.1. The van der Waals surface area contributed by atoms with Crippen molar-refractivity contribution in [1.82, 2.24) is 0 Å². The number of carbonyl (C=O) groups excluding carboxylic acids is 2. The van der Waals surface area contributed by atoms with Gasteiger partial charge in [-0.3, -0.25) is 9.59 Å². The van der Waals surface area contributed by atoms with Crippen LogP contribution in [0.3, 0.4) is 0 Å². The number of para-hydroxylation sites is 1. The monoisotopic (exact) mass is 378 g/mol. The number of carbonyl (C=O) groups is 2. The molecule has 1 saturated carbocycles. The van der Waals surface area contributed by atoms with Gasteiger partial charge in [-0.25, -0.2) is 0 Å². The highest BCUT2D eigenvalue weighted by atomic mass is 16.5. The van der Waals surface area contributed by atoms with Crippen molar-refractivity contribution in [1.29, 1.82) is 0 Å². The number of rotatable bonds is 5. The second-order valence-corrected chi connectivity index (χ2v) is 7.45. The molecular formula is C23H26N2O3. The second kappa shape index (κ2) is 8.05. The van der Waals surface area contributed by atoms with Gasteiger partial charge in [0.2, 0.25) is 5.91 Å². The summed E-state index contributed by atoms with van der Waals surface area (Å²) in [7, 11) is 0. The van der Waals surface area contributed by atoms with Gasteiger partial charge in [-0.2, -0.15) is 0 Å². The minimum absolute atomic E-state index is 0.181. The van der Waals surface area contributed by atoms with Gasteiger partial charge in [0.05, 0.1) is 12.2 Å². The summed E-state index contributed by atoms with van der Waals surface area (Å²) in [6.07, 6.45) is 5.17. The van der Waals surface area contributed by atoms with Gasteiger partial charge >= 0.3 is 0 Å². The van der Waals surface area contributed by atoms with Crippen molar-refractivity contribution in [2.45, 2.75) is 39.0 Å². The summed E-state index contributed by atoms with van der Waals surface area (Å²) >= 11 is 0. The fraction of sp³-hybridized carbons (Fsp3) is 0.391. The van der Waals surface area contributed by atoms with E-state index in [1.165, 1.54) is 0 Å². The summed E-state index contributed by atoms with van der Waals surface area (Å²) in [5.41, 5.74) is 3.36. The molecule has 0 spiro atoms. The third-order valence-corrected chi connectivity index (χ3v) is 5.63. The molecule has 0 saturated heterocycles. The van der Waals surface area contributed by atoms with E-state index >= 15 is 0 Å². The lowest BCUT2D eigenvalue weighted by Gasteiger charge is -2.21. The third kappa shape index (κ3) is 3.61. The predicted octanol–water partition coefficient (Wildman–Crippen LogP) is 4.42. The summed E-state index contributed by atoms with van der Waals surface area (Å²) in [5.74, 6) is 0.831.